The van der Waals surface area contributed by atoms with Crippen molar-refractivity contribution in [3.05, 3.63) is 89.6 Å². The van der Waals surface area contributed by atoms with Gasteiger partial charge in [0.25, 0.3) is 0 Å². The summed E-state index contributed by atoms with van der Waals surface area (Å²) in [7, 11) is -2.05. The summed E-state index contributed by atoms with van der Waals surface area (Å²) in [6.07, 6.45) is 1.85. The van der Waals surface area contributed by atoms with Gasteiger partial charge in [-0.05, 0) is 42.3 Å². The van der Waals surface area contributed by atoms with Crippen LogP contribution in [0.1, 0.15) is 34.7 Å². The van der Waals surface area contributed by atoms with E-state index in [4.69, 9.17) is 4.74 Å². The Bertz CT molecular complexity index is 1520. The van der Waals surface area contributed by atoms with Crippen LogP contribution in [0.3, 0.4) is 0 Å². The minimum absolute atomic E-state index is 0.0758. The van der Waals surface area contributed by atoms with E-state index in [1.165, 1.54) is 47.7 Å². The lowest BCUT2D eigenvalue weighted by atomic mass is 9.83. The van der Waals surface area contributed by atoms with Gasteiger partial charge in [-0.3, -0.25) is 14.6 Å². The third-order valence-corrected chi connectivity index (χ3v) is 7.84. The Kier molecular flexibility index (Phi) is 6.03. The summed E-state index contributed by atoms with van der Waals surface area (Å²) in [5.41, 5.74) is 1.93. The molecule has 0 aliphatic carbocycles. The van der Waals surface area contributed by atoms with Crippen LogP contribution >= 0.6 is 0 Å². The second kappa shape index (κ2) is 9.05. The zero-order valence-corrected chi connectivity index (χ0v) is 19.9. The molecule has 2 aromatic carbocycles. The molecule has 0 saturated carbocycles. The van der Waals surface area contributed by atoms with Gasteiger partial charge in [-0.15, -0.1) is 0 Å². The van der Waals surface area contributed by atoms with Crippen molar-refractivity contribution in [2.45, 2.75) is 29.2 Å². The van der Waals surface area contributed by atoms with Crippen LogP contribution < -0.4 is 4.74 Å². The van der Waals surface area contributed by atoms with Crippen LogP contribution in [0.4, 0.5) is 13.2 Å². The lowest BCUT2D eigenvalue weighted by Crippen LogP contribution is -2.18. The Labute approximate surface area is 205 Å². The molecular weight excluding hydrogens is 493 g/mol. The van der Waals surface area contributed by atoms with Crippen LogP contribution in [0.2, 0.25) is 0 Å². The molecule has 2 aromatic heterocycles. The second-order valence-corrected chi connectivity index (χ2v) is 10.5. The molecule has 0 spiro atoms. The van der Waals surface area contributed by atoms with Gasteiger partial charge >= 0.3 is 6.18 Å². The fourth-order valence-electron chi connectivity index (χ4n) is 4.47. The van der Waals surface area contributed by atoms with E-state index in [-0.39, 0.29) is 23.2 Å². The first-order chi connectivity index (χ1) is 17.1. The van der Waals surface area contributed by atoms with Crippen molar-refractivity contribution in [3.8, 4) is 17.0 Å². The molecule has 186 valence electrons. The zero-order chi connectivity index (χ0) is 25.5. The Morgan fingerprint density at radius 2 is 1.86 bits per heavy atom. The molecule has 7 nitrogen and oxygen atoms in total. The maximum atomic E-state index is 13.5. The normalized spacial score (nSPS) is 15.8. The highest BCUT2D eigenvalue weighted by molar-refractivity contribution is 7.90. The molecule has 0 radical (unpaired) electrons. The summed E-state index contributed by atoms with van der Waals surface area (Å²) in [5.74, 6) is -0.216. The van der Waals surface area contributed by atoms with Crippen LogP contribution in [0, 0.1) is 0 Å². The predicted octanol–water partition coefficient (Wildman–Crippen LogP) is 4.78. The molecule has 11 heteroatoms. The number of sulfone groups is 1. The topological polar surface area (TPSA) is 87.0 Å². The number of aromatic nitrogens is 4. The second-order valence-electron chi connectivity index (χ2n) is 8.49. The summed E-state index contributed by atoms with van der Waals surface area (Å²) in [5, 5.41) is 4.12. The number of halogens is 3. The van der Waals surface area contributed by atoms with Crippen molar-refractivity contribution < 1.29 is 26.3 Å². The van der Waals surface area contributed by atoms with E-state index >= 15 is 0 Å². The molecule has 1 aliphatic rings. The van der Waals surface area contributed by atoms with Gasteiger partial charge in [-0.2, -0.15) is 18.3 Å². The minimum atomic E-state index is -4.49. The van der Waals surface area contributed by atoms with Gasteiger partial charge in [0.15, 0.2) is 9.84 Å². The predicted molar refractivity (Wildman–Crippen MR) is 125 cm³/mol. The largest absolute Gasteiger partial charge is 0.493 e. The van der Waals surface area contributed by atoms with E-state index in [0.717, 1.165) is 12.1 Å². The number of fused-ring (bicyclic) bond motifs is 1. The number of nitrogens with zero attached hydrogens (tertiary/aromatic N) is 4. The molecule has 1 atom stereocenters. The Hall–Kier alpha value is -3.73. The average Bonchev–Trinajstić information content (AvgIpc) is 3.28. The molecule has 36 heavy (non-hydrogen) atoms. The SMILES string of the molecule is Cn1nccc1-c1cc(C(F)(F)F)ccc1[C@@H]1CCOc2cc(S(=O)(=O)Cc3cnccn3)ccc21. The van der Waals surface area contributed by atoms with E-state index in [1.807, 2.05) is 0 Å². The molecule has 4 aromatic rings. The molecule has 0 saturated heterocycles. The van der Waals surface area contributed by atoms with Crippen LogP contribution in [-0.4, -0.2) is 34.8 Å². The van der Waals surface area contributed by atoms with E-state index in [1.54, 1.807) is 19.2 Å². The third kappa shape index (κ3) is 4.58. The number of benzene rings is 2. The fourth-order valence-corrected chi connectivity index (χ4v) is 5.73. The van der Waals surface area contributed by atoms with E-state index in [2.05, 4.69) is 15.1 Å². The first-order valence-electron chi connectivity index (χ1n) is 11.1. The van der Waals surface area contributed by atoms with Crippen LogP contribution in [0.25, 0.3) is 11.3 Å². The lowest BCUT2D eigenvalue weighted by molar-refractivity contribution is -0.137. The van der Waals surface area contributed by atoms with Crippen LogP contribution in [0.15, 0.2) is 72.1 Å². The van der Waals surface area contributed by atoms with Gasteiger partial charge in [-0.25, -0.2) is 8.42 Å². The minimum Gasteiger partial charge on any atom is -0.493 e. The summed E-state index contributed by atoms with van der Waals surface area (Å²) in [4.78, 5) is 8.01. The maximum absolute atomic E-state index is 13.5. The van der Waals surface area contributed by atoms with Crippen molar-refractivity contribution in [1.29, 1.82) is 0 Å². The van der Waals surface area contributed by atoms with Gasteiger partial charge in [0.1, 0.15) is 5.75 Å². The third-order valence-electron chi connectivity index (χ3n) is 6.19. The first kappa shape index (κ1) is 24.0. The average molecular weight is 515 g/mol. The number of aryl methyl sites for hydroxylation is 1. The Morgan fingerprint density at radius 1 is 1.06 bits per heavy atom. The smallest absolute Gasteiger partial charge is 0.416 e. The first-order valence-corrected chi connectivity index (χ1v) is 12.7. The highest BCUT2D eigenvalue weighted by Gasteiger charge is 2.33. The number of alkyl halides is 3. The summed E-state index contributed by atoms with van der Waals surface area (Å²) < 4.78 is 73.9. The van der Waals surface area contributed by atoms with Crippen molar-refractivity contribution in [1.82, 2.24) is 19.7 Å². The molecule has 0 N–H and O–H groups in total. The van der Waals surface area contributed by atoms with E-state index < -0.39 is 21.6 Å². The monoisotopic (exact) mass is 514 g/mol. The van der Waals surface area contributed by atoms with E-state index in [0.29, 0.717) is 40.2 Å². The molecule has 0 unspecified atom stereocenters. The zero-order valence-electron chi connectivity index (χ0n) is 19.1. The summed E-state index contributed by atoms with van der Waals surface area (Å²) in [6.45, 7) is 0.289. The molecular formula is C25H21F3N4O3S. The van der Waals surface area contributed by atoms with Gasteiger partial charge in [0.2, 0.25) is 0 Å². The van der Waals surface area contributed by atoms with Crippen molar-refractivity contribution in [2.75, 3.05) is 6.61 Å². The fraction of sp³-hybridized carbons (Fsp3) is 0.240. The van der Waals surface area contributed by atoms with Crippen molar-refractivity contribution in [2.24, 2.45) is 7.05 Å². The Morgan fingerprint density at radius 3 is 2.56 bits per heavy atom. The Balaban J connectivity index is 1.56. The van der Waals surface area contributed by atoms with Crippen LogP contribution in [-0.2, 0) is 28.8 Å². The van der Waals surface area contributed by atoms with E-state index in [9.17, 15) is 21.6 Å². The molecule has 3 heterocycles. The standard InChI is InChI=1S/C25H21F3N4O3S/c1-32-23(6-8-31-32)22-12-16(25(26,27)28)2-4-19(22)20-7-11-35-24-13-18(3-5-21(20)24)36(33,34)15-17-14-29-9-10-30-17/h2-6,8-10,12-14,20H,7,11,15H2,1H3/t20-/m0/s1. The van der Waals surface area contributed by atoms with Gasteiger partial charge in [-0.1, -0.05) is 12.1 Å². The lowest BCUT2D eigenvalue weighted by Gasteiger charge is -2.28. The number of hydrogen-bond acceptors (Lipinski definition) is 6. The number of hydrogen-bond donors (Lipinski definition) is 0. The van der Waals surface area contributed by atoms with Crippen molar-refractivity contribution in [3.63, 3.8) is 0 Å². The van der Waals surface area contributed by atoms with Crippen molar-refractivity contribution >= 4 is 9.84 Å². The summed E-state index contributed by atoms with van der Waals surface area (Å²) >= 11 is 0. The van der Waals surface area contributed by atoms with Gasteiger partial charge in [0.05, 0.1) is 34.2 Å². The quantitative estimate of drug-likeness (QED) is 0.381. The molecule has 0 fully saturated rings. The van der Waals surface area contributed by atoms with Crippen LogP contribution in [0.5, 0.6) is 5.75 Å². The maximum Gasteiger partial charge on any atom is 0.416 e. The number of rotatable bonds is 5. The highest BCUT2D eigenvalue weighted by atomic mass is 32.2. The van der Waals surface area contributed by atoms with Gasteiger partial charge in [0, 0.05) is 48.9 Å². The highest BCUT2D eigenvalue weighted by Crippen LogP contribution is 2.44. The summed E-state index contributed by atoms with van der Waals surface area (Å²) in [6, 6.07) is 10.0. The molecule has 0 bridgehead atoms. The number of ether oxygens (including phenoxy) is 1. The molecule has 5 rings (SSSR count). The molecule has 1 aliphatic heterocycles. The van der Waals surface area contributed by atoms with Gasteiger partial charge < -0.3 is 4.74 Å². The molecule has 0 amide bonds.